The third-order valence-electron chi connectivity index (χ3n) is 4.28. The maximum absolute atomic E-state index is 12.6. The summed E-state index contributed by atoms with van der Waals surface area (Å²) in [6, 6.07) is 5.77. The molecule has 1 aliphatic heterocycles. The number of nitrogens with zero attached hydrogens (tertiary/aromatic N) is 1. The average molecular weight is 329 g/mol. The van der Waals surface area contributed by atoms with Gasteiger partial charge in [0.05, 0.1) is 4.90 Å². The molecule has 0 bridgehead atoms. The average Bonchev–Trinajstić information content (AvgIpc) is 3.17. The molecule has 6 heteroatoms. The quantitative estimate of drug-likeness (QED) is 0.904. The van der Waals surface area contributed by atoms with E-state index >= 15 is 0 Å². The first-order chi connectivity index (χ1) is 9.98. The second kappa shape index (κ2) is 5.88. The van der Waals surface area contributed by atoms with Gasteiger partial charge >= 0.3 is 0 Å². The summed E-state index contributed by atoms with van der Waals surface area (Å²) in [6.45, 7) is 3.26. The molecule has 0 amide bonds. The Morgan fingerprint density at radius 2 is 2.10 bits per heavy atom. The summed E-state index contributed by atoms with van der Waals surface area (Å²) in [4.78, 5) is 0.302. The standard InChI is InChI=1S/C15H21ClN2O2S/c1-11-3-2-8-18(11)21(19,20)14-7-4-12(15(16)9-14)10-17-13-5-6-13/h4,7,9,11,13,17H,2-3,5-6,8,10H2,1H3. The highest BCUT2D eigenvalue weighted by Crippen LogP contribution is 2.29. The molecule has 2 aliphatic rings. The first-order valence-electron chi connectivity index (χ1n) is 7.52. The van der Waals surface area contributed by atoms with Crippen LogP contribution in [0.3, 0.4) is 0 Å². The molecule has 1 saturated heterocycles. The third-order valence-corrected chi connectivity index (χ3v) is 6.64. The lowest BCUT2D eigenvalue weighted by molar-refractivity contribution is 0.408. The molecule has 1 N–H and O–H groups in total. The summed E-state index contributed by atoms with van der Waals surface area (Å²) >= 11 is 6.26. The molecule has 21 heavy (non-hydrogen) atoms. The van der Waals surface area contributed by atoms with Gasteiger partial charge in [0, 0.05) is 30.2 Å². The minimum atomic E-state index is -3.42. The van der Waals surface area contributed by atoms with Crippen LogP contribution in [0.4, 0.5) is 0 Å². The van der Waals surface area contributed by atoms with Gasteiger partial charge in [0.15, 0.2) is 0 Å². The van der Waals surface area contributed by atoms with Crippen molar-refractivity contribution in [2.75, 3.05) is 6.54 Å². The largest absolute Gasteiger partial charge is 0.310 e. The fourth-order valence-electron chi connectivity index (χ4n) is 2.77. The van der Waals surface area contributed by atoms with Crippen LogP contribution in [0.5, 0.6) is 0 Å². The lowest BCUT2D eigenvalue weighted by Crippen LogP contribution is -2.33. The van der Waals surface area contributed by atoms with Gasteiger partial charge < -0.3 is 5.32 Å². The van der Waals surface area contributed by atoms with Gasteiger partial charge in [-0.15, -0.1) is 0 Å². The summed E-state index contributed by atoms with van der Waals surface area (Å²) in [5.74, 6) is 0. The molecule has 4 nitrogen and oxygen atoms in total. The number of rotatable bonds is 5. The van der Waals surface area contributed by atoms with Gasteiger partial charge in [-0.05, 0) is 50.3 Å². The van der Waals surface area contributed by atoms with Gasteiger partial charge in [0.2, 0.25) is 10.0 Å². The summed E-state index contributed by atoms with van der Waals surface area (Å²) < 4.78 is 26.9. The summed E-state index contributed by atoms with van der Waals surface area (Å²) in [6.07, 6.45) is 4.29. The Balaban J connectivity index is 1.79. The van der Waals surface area contributed by atoms with Crippen LogP contribution >= 0.6 is 11.6 Å². The van der Waals surface area contributed by atoms with Gasteiger partial charge in [0.1, 0.15) is 0 Å². The van der Waals surface area contributed by atoms with Crippen LogP contribution in [0.25, 0.3) is 0 Å². The molecule has 3 rings (SSSR count). The predicted molar refractivity (Wildman–Crippen MR) is 83.9 cm³/mol. The molecule has 1 aliphatic carbocycles. The lowest BCUT2D eigenvalue weighted by atomic mass is 10.2. The molecule has 116 valence electrons. The minimum absolute atomic E-state index is 0.0741. The van der Waals surface area contributed by atoms with E-state index in [1.165, 1.54) is 12.8 Å². The van der Waals surface area contributed by atoms with E-state index in [1.807, 2.05) is 13.0 Å². The highest BCUT2D eigenvalue weighted by molar-refractivity contribution is 7.89. The van der Waals surface area contributed by atoms with Crippen molar-refractivity contribution in [2.24, 2.45) is 0 Å². The van der Waals surface area contributed by atoms with E-state index in [9.17, 15) is 8.42 Å². The Labute approximate surface area is 131 Å². The van der Waals surface area contributed by atoms with Crippen molar-refractivity contribution in [2.45, 2.75) is 56.1 Å². The molecule has 1 atom stereocenters. The van der Waals surface area contributed by atoms with E-state index in [0.29, 0.717) is 29.0 Å². The Morgan fingerprint density at radius 1 is 1.33 bits per heavy atom. The van der Waals surface area contributed by atoms with Crippen molar-refractivity contribution in [3.8, 4) is 0 Å². The molecule has 1 aromatic rings. The van der Waals surface area contributed by atoms with Crippen molar-refractivity contribution in [1.82, 2.24) is 9.62 Å². The van der Waals surface area contributed by atoms with E-state index in [2.05, 4.69) is 5.32 Å². The van der Waals surface area contributed by atoms with Crippen LogP contribution in [0.2, 0.25) is 5.02 Å². The molecular weight excluding hydrogens is 308 g/mol. The maximum atomic E-state index is 12.6. The summed E-state index contributed by atoms with van der Waals surface area (Å²) in [7, 11) is -3.42. The SMILES string of the molecule is CC1CCCN1S(=O)(=O)c1ccc(CNC2CC2)c(Cl)c1. The van der Waals surface area contributed by atoms with Crippen LogP contribution in [0.15, 0.2) is 23.1 Å². The molecule has 1 unspecified atom stereocenters. The van der Waals surface area contributed by atoms with E-state index < -0.39 is 10.0 Å². The Morgan fingerprint density at radius 3 is 2.67 bits per heavy atom. The van der Waals surface area contributed by atoms with Crippen LogP contribution in [0, 0.1) is 0 Å². The summed E-state index contributed by atoms with van der Waals surface area (Å²) in [5, 5.41) is 3.91. The van der Waals surface area contributed by atoms with E-state index in [0.717, 1.165) is 18.4 Å². The number of hydrogen-bond donors (Lipinski definition) is 1. The van der Waals surface area contributed by atoms with Crippen LogP contribution < -0.4 is 5.32 Å². The minimum Gasteiger partial charge on any atom is -0.310 e. The monoisotopic (exact) mass is 328 g/mol. The predicted octanol–water partition coefficient (Wildman–Crippen LogP) is 2.77. The fourth-order valence-corrected chi connectivity index (χ4v) is 4.81. The maximum Gasteiger partial charge on any atom is 0.243 e. The Kier molecular flexibility index (Phi) is 4.28. The van der Waals surface area contributed by atoms with Gasteiger partial charge in [-0.2, -0.15) is 4.31 Å². The molecule has 1 heterocycles. The molecule has 0 aromatic heterocycles. The van der Waals surface area contributed by atoms with E-state index in [-0.39, 0.29) is 6.04 Å². The second-order valence-corrected chi connectivity index (χ2v) is 8.31. The van der Waals surface area contributed by atoms with Crippen LogP contribution in [0.1, 0.15) is 38.2 Å². The van der Waals surface area contributed by atoms with Crippen molar-refractivity contribution < 1.29 is 8.42 Å². The first kappa shape index (κ1) is 15.3. The molecule has 0 radical (unpaired) electrons. The Bertz CT molecular complexity index is 629. The number of benzene rings is 1. The van der Waals surface area contributed by atoms with Crippen molar-refractivity contribution in [1.29, 1.82) is 0 Å². The zero-order valence-corrected chi connectivity index (χ0v) is 13.8. The van der Waals surface area contributed by atoms with Gasteiger partial charge in [0.25, 0.3) is 0 Å². The van der Waals surface area contributed by atoms with Crippen molar-refractivity contribution >= 4 is 21.6 Å². The second-order valence-electron chi connectivity index (χ2n) is 6.02. The van der Waals surface area contributed by atoms with Crippen LogP contribution in [-0.4, -0.2) is 31.4 Å². The first-order valence-corrected chi connectivity index (χ1v) is 9.34. The van der Waals surface area contributed by atoms with E-state index in [1.54, 1.807) is 16.4 Å². The number of sulfonamides is 1. The Hall–Kier alpha value is -0.620. The molecule has 0 spiro atoms. The number of hydrogen-bond acceptors (Lipinski definition) is 3. The van der Waals surface area contributed by atoms with Gasteiger partial charge in [-0.3, -0.25) is 0 Å². The number of halogens is 1. The third kappa shape index (κ3) is 3.26. The fraction of sp³-hybridized carbons (Fsp3) is 0.600. The normalized spacial score (nSPS) is 23.6. The lowest BCUT2D eigenvalue weighted by Gasteiger charge is -2.21. The van der Waals surface area contributed by atoms with Crippen molar-refractivity contribution in [3.05, 3.63) is 28.8 Å². The van der Waals surface area contributed by atoms with E-state index in [4.69, 9.17) is 11.6 Å². The topological polar surface area (TPSA) is 49.4 Å². The van der Waals surface area contributed by atoms with Gasteiger partial charge in [-0.25, -0.2) is 8.42 Å². The zero-order chi connectivity index (χ0) is 15.0. The zero-order valence-electron chi connectivity index (χ0n) is 12.2. The molecular formula is C15H21ClN2O2S. The van der Waals surface area contributed by atoms with Crippen molar-refractivity contribution in [3.63, 3.8) is 0 Å². The highest BCUT2D eigenvalue weighted by Gasteiger charge is 2.32. The van der Waals surface area contributed by atoms with Crippen LogP contribution in [-0.2, 0) is 16.6 Å². The van der Waals surface area contributed by atoms with Gasteiger partial charge in [-0.1, -0.05) is 17.7 Å². The number of nitrogens with one attached hydrogen (secondary N) is 1. The summed E-state index contributed by atoms with van der Waals surface area (Å²) in [5.41, 5.74) is 0.956. The highest BCUT2D eigenvalue weighted by atomic mass is 35.5. The smallest absolute Gasteiger partial charge is 0.243 e. The molecule has 1 aromatic carbocycles. The molecule has 1 saturated carbocycles. The molecule has 2 fully saturated rings.